The van der Waals surface area contributed by atoms with Gasteiger partial charge in [-0.3, -0.25) is 0 Å². The Hall–Kier alpha value is -1.16. The predicted octanol–water partition coefficient (Wildman–Crippen LogP) is 1.33. The molecule has 1 aromatic heterocycles. The van der Waals surface area contributed by atoms with Gasteiger partial charge in [0.2, 0.25) is 0 Å². The molecule has 0 spiro atoms. The third-order valence-corrected chi connectivity index (χ3v) is 3.27. The quantitative estimate of drug-likeness (QED) is 0.835. The van der Waals surface area contributed by atoms with E-state index in [4.69, 9.17) is 5.73 Å². The van der Waals surface area contributed by atoms with Crippen LogP contribution in [0.5, 0.6) is 0 Å². The highest BCUT2D eigenvalue weighted by molar-refractivity contribution is 5.34. The van der Waals surface area contributed by atoms with Gasteiger partial charge in [-0.05, 0) is 45.2 Å². The van der Waals surface area contributed by atoms with Gasteiger partial charge in [-0.25, -0.2) is 0 Å². The third kappa shape index (κ3) is 2.70. The molecule has 88 valence electrons. The summed E-state index contributed by atoms with van der Waals surface area (Å²) in [5.41, 5.74) is 7.43. The fraction of sp³-hybridized carbons (Fsp3) is 0.667. The number of nitrogen functional groups attached to an aromatic ring is 1. The Morgan fingerprint density at radius 1 is 1.56 bits per heavy atom. The van der Waals surface area contributed by atoms with E-state index in [-0.39, 0.29) is 0 Å². The van der Waals surface area contributed by atoms with Crippen LogP contribution in [0.15, 0.2) is 12.3 Å². The zero-order valence-electron chi connectivity index (χ0n) is 10.1. The summed E-state index contributed by atoms with van der Waals surface area (Å²) in [6.07, 6.45) is 3.86. The van der Waals surface area contributed by atoms with Crippen LogP contribution in [-0.4, -0.2) is 34.2 Å². The van der Waals surface area contributed by atoms with E-state index in [0.29, 0.717) is 17.6 Å². The number of rotatable bonds is 3. The molecule has 1 aliphatic heterocycles. The van der Waals surface area contributed by atoms with E-state index in [1.54, 1.807) is 6.20 Å². The first-order valence-corrected chi connectivity index (χ1v) is 5.96. The number of anilines is 1. The van der Waals surface area contributed by atoms with Crippen molar-refractivity contribution in [1.29, 1.82) is 0 Å². The number of hydrogen-bond acceptors (Lipinski definition) is 4. The lowest BCUT2D eigenvalue weighted by Gasteiger charge is -2.20. The summed E-state index contributed by atoms with van der Waals surface area (Å²) in [4.78, 5) is 2.52. The molecule has 1 unspecified atom stereocenters. The van der Waals surface area contributed by atoms with Gasteiger partial charge in [-0.15, -0.1) is 0 Å². The van der Waals surface area contributed by atoms with Crippen LogP contribution in [0.25, 0.3) is 0 Å². The Balaban J connectivity index is 1.92. The molecular formula is C12H20N4. The average Bonchev–Trinajstić information content (AvgIpc) is 2.66. The average molecular weight is 220 g/mol. The Morgan fingerprint density at radius 2 is 2.38 bits per heavy atom. The molecule has 4 heteroatoms. The van der Waals surface area contributed by atoms with E-state index in [9.17, 15) is 0 Å². The molecular weight excluding hydrogens is 200 g/mol. The van der Waals surface area contributed by atoms with E-state index >= 15 is 0 Å². The first-order chi connectivity index (χ1) is 7.65. The highest BCUT2D eigenvalue weighted by Crippen LogP contribution is 2.21. The van der Waals surface area contributed by atoms with E-state index in [1.807, 2.05) is 6.07 Å². The molecule has 16 heavy (non-hydrogen) atoms. The van der Waals surface area contributed by atoms with Gasteiger partial charge in [0, 0.05) is 12.6 Å². The van der Waals surface area contributed by atoms with Crippen LogP contribution in [0.1, 0.15) is 26.0 Å². The van der Waals surface area contributed by atoms with Gasteiger partial charge in [-0.2, -0.15) is 10.2 Å². The minimum Gasteiger partial charge on any atom is -0.397 e. The Morgan fingerprint density at radius 3 is 3.00 bits per heavy atom. The minimum atomic E-state index is 0.650. The molecule has 1 fully saturated rings. The van der Waals surface area contributed by atoms with Gasteiger partial charge >= 0.3 is 0 Å². The van der Waals surface area contributed by atoms with E-state index in [1.165, 1.54) is 19.5 Å². The molecule has 1 aliphatic rings. The first-order valence-electron chi connectivity index (χ1n) is 5.96. The number of nitrogens with two attached hydrogens (primary N) is 1. The lowest BCUT2D eigenvalue weighted by Crippen LogP contribution is -2.28. The van der Waals surface area contributed by atoms with Crippen LogP contribution in [0.4, 0.5) is 5.69 Å². The normalized spacial score (nSPS) is 21.8. The molecule has 0 aliphatic carbocycles. The van der Waals surface area contributed by atoms with Crippen molar-refractivity contribution in [3.05, 3.63) is 18.0 Å². The van der Waals surface area contributed by atoms with E-state index in [2.05, 4.69) is 28.9 Å². The molecule has 0 saturated carbocycles. The molecule has 2 N–H and O–H groups in total. The zero-order valence-corrected chi connectivity index (χ0v) is 10.1. The Bertz CT molecular complexity index is 351. The van der Waals surface area contributed by atoms with Crippen LogP contribution in [0.3, 0.4) is 0 Å². The zero-order chi connectivity index (χ0) is 11.5. The fourth-order valence-corrected chi connectivity index (χ4v) is 2.32. The molecule has 1 atom stereocenters. The highest BCUT2D eigenvalue weighted by atomic mass is 15.2. The molecule has 0 aromatic carbocycles. The van der Waals surface area contributed by atoms with Gasteiger partial charge < -0.3 is 10.6 Å². The summed E-state index contributed by atoms with van der Waals surface area (Å²) in [6, 6.07) is 2.59. The van der Waals surface area contributed by atoms with Gasteiger partial charge in [0.05, 0.1) is 17.6 Å². The van der Waals surface area contributed by atoms with Gasteiger partial charge in [-0.1, -0.05) is 0 Å². The molecule has 4 nitrogen and oxygen atoms in total. The number of likely N-dealkylation sites (tertiary alicyclic amines) is 1. The Labute approximate surface area is 96.9 Å². The summed E-state index contributed by atoms with van der Waals surface area (Å²) < 4.78 is 0. The largest absolute Gasteiger partial charge is 0.397 e. The van der Waals surface area contributed by atoms with Crippen LogP contribution < -0.4 is 5.73 Å². The molecule has 2 heterocycles. The maximum Gasteiger partial charge on any atom is 0.0726 e. The molecule has 0 amide bonds. The summed E-state index contributed by atoms with van der Waals surface area (Å²) in [5.74, 6) is 0.707. The van der Waals surface area contributed by atoms with Crippen LogP contribution >= 0.6 is 0 Å². The smallest absolute Gasteiger partial charge is 0.0726 e. The second kappa shape index (κ2) is 4.78. The topological polar surface area (TPSA) is 55.0 Å². The molecule has 0 radical (unpaired) electrons. The van der Waals surface area contributed by atoms with Gasteiger partial charge in [0.25, 0.3) is 0 Å². The molecule has 1 aromatic rings. The van der Waals surface area contributed by atoms with Crippen LogP contribution in [0.2, 0.25) is 0 Å². The number of hydrogen-bond donors (Lipinski definition) is 1. The van der Waals surface area contributed by atoms with E-state index < -0.39 is 0 Å². The second-order valence-corrected chi connectivity index (χ2v) is 4.93. The number of aromatic nitrogens is 2. The highest BCUT2D eigenvalue weighted by Gasteiger charge is 2.24. The van der Waals surface area contributed by atoms with E-state index in [0.717, 1.165) is 12.1 Å². The summed E-state index contributed by atoms with van der Waals surface area (Å²) >= 11 is 0. The van der Waals surface area contributed by atoms with Gasteiger partial charge in [0.15, 0.2) is 0 Å². The predicted molar refractivity (Wildman–Crippen MR) is 65.0 cm³/mol. The molecule has 2 rings (SSSR count). The van der Waals surface area contributed by atoms with Crippen molar-refractivity contribution in [2.75, 3.05) is 18.8 Å². The standard InChI is InChI=1S/C12H20N4/c1-9(2)16-4-3-10(8-16)5-12-6-11(13)7-14-15-12/h6-7,9-10H,3-5,8H2,1-2H3,(H2,13,15). The second-order valence-electron chi connectivity index (χ2n) is 4.93. The van der Waals surface area contributed by atoms with Crippen molar-refractivity contribution in [3.8, 4) is 0 Å². The summed E-state index contributed by atoms with van der Waals surface area (Å²) in [5, 5.41) is 8.02. The van der Waals surface area contributed by atoms with Gasteiger partial charge in [0.1, 0.15) is 0 Å². The van der Waals surface area contributed by atoms with Crippen molar-refractivity contribution in [3.63, 3.8) is 0 Å². The monoisotopic (exact) mass is 220 g/mol. The van der Waals surface area contributed by atoms with Crippen molar-refractivity contribution < 1.29 is 0 Å². The molecule has 1 saturated heterocycles. The summed E-state index contributed by atoms with van der Waals surface area (Å²) in [6.45, 7) is 6.89. The maximum absolute atomic E-state index is 5.70. The van der Waals surface area contributed by atoms with Crippen molar-refractivity contribution in [2.24, 2.45) is 5.92 Å². The lowest BCUT2D eigenvalue weighted by atomic mass is 10.0. The fourth-order valence-electron chi connectivity index (χ4n) is 2.32. The molecule has 0 bridgehead atoms. The number of nitrogens with zero attached hydrogens (tertiary/aromatic N) is 3. The first kappa shape index (κ1) is 11.3. The SMILES string of the molecule is CC(C)N1CCC(Cc2cc(N)cnn2)C1. The lowest BCUT2D eigenvalue weighted by molar-refractivity contribution is 0.264. The van der Waals surface area contributed by atoms with Crippen molar-refractivity contribution in [1.82, 2.24) is 15.1 Å². The van der Waals surface area contributed by atoms with Crippen molar-refractivity contribution in [2.45, 2.75) is 32.7 Å². The third-order valence-electron chi connectivity index (χ3n) is 3.27. The van der Waals surface area contributed by atoms with Crippen molar-refractivity contribution >= 4 is 5.69 Å². The maximum atomic E-state index is 5.70. The summed E-state index contributed by atoms with van der Waals surface area (Å²) in [7, 11) is 0. The Kier molecular flexibility index (Phi) is 3.39. The van der Waals surface area contributed by atoms with Crippen LogP contribution in [0, 0.1) is 5.92 Å². The van der Waals surface area contributed by atoms with Crippen LogP contribution in [-0.2, 0) is 6.42 Å². The minimum absolute atomic E-state index is 0.650.